The van der Waals surface area contributed by atoms with Gasteiger partial charge in [0.15, 0.2) is 0 Å². The molecule has 1 fully saturated rings. The summed E-state index contributed by atoms with van der Waals surface area (Å²) in [5, 5.41) is 8.74. The predicted molar refractivity (Wildman–Crippen MR) is 68.6 cm³/mol. The highest BCUT2D eigenvalue weighted by molar-refractivity contribution is 5.67. The zero-order valence-corrected chi connectivity index (χ0v) is 10.9. The van der Waals surface area contributed by atoms with Gasteiger partial charge in [0.25, 0.3) is 0 Å². The highest BCUT2D eigenvalue weighted by atomic mass is 19.4. The maximum Gasteiger partial charge on any atom is 0.416 e. The van der Waals surface area contributed by atoms with Crippen molar-refractivity contribution in [1.29, 1.82) is 0 Å². The number of rotatable bonds is 3. The molecule has 1 aromatic rings. The van der Waals surface area contributed by atoms with Gasteiger partial charge in [0.05, 0.1) is 5.56 Å². The number of carboxylic acids is 1. The third-order valence-corrected chi connectivity index (χ3v) is 3.64. The summed E-state index contributed by atoms with van der Waals surface area (Å²) in [7, 11) is 0. The fourth-order valence-electron chi connectivity index (χ4n) is 2.50. The molecule has 0 spiro atoms. The molecule has 0 aromatic heterocycles. The molecule has 1 heterocycles. The molecule has 0 unspecified atom stereocenters. The number of carboxylic acid groups (broad SMARTS) is 1. The van der Waals surface area contributed by atoms with Gasteiger partial charge in [-0.2, -0.15) is 13.2 Å². The number of benzene rings is 1. The second kappa shape index (κ2) is 5.73. The Kier molecular flexibility index (Phi) is 4.20. The maximum atomic E-state index is 12.5. The molecule has 3 nitrogen and oxygen atoms in total. The normalized spacial score (nSPS) is 17.2. The van der Waals surface area contributed by atoms with Crippen LogP contribution >= 0.6 is 0 Å². The number of hydrogen-bond acceptors (Lipinski definition) is 2. The summed E-state index contributed by atoms with van der Waals surface area (Å²) in [5.41, 5.74) is 0.105. The Labute approximate surface area is 115 Å². The van der Waals surface area contributed by atoms with E-state index in [0.29, 0.717) is 13.1 Å². The average molecular weight is 287 g/mol. The number of alkyl halides is 3. The minimum Gasteiger partial charge on any atom is -0.481 e. The molecule has 1 aliphatic heterocycles. The summed E-state index contributed by atoms with van der Waals surface area (Å²) in [5.74, 6) is -0.629. The van der Waals surface area contributed by atoms with Crippen molar-refractivity contribution in [2.75, 3.05) is 18.0 Å². The van der Waals surface area contributed by atoms with Crippen molar-refractivity contribution in [3.63, 3.8) is 0 Å². The number of nitrogens with zero attached hydrogens (tertiary/aromatic N) is 1. The lowest BCUT2D eigenvalue weighted by Gasteiger charge is -2.33. The van der Waals surface area contributed by atoms with Crippen LogP contribution in [-0.2, 0) is 11.0 Å². The van der Waals surface area contributed by atoms with Crippen LogP contribution in [0.15, 0.2) is 24.3 Å². The van der Waals surface area contributed by atoms with E-state index in [2.05, 4.69) is 0 Å². The van der Waals surface area contributed by atoms with Crippen LogP contribution < -0.4 is 4.90 Å². The van der Waals surface area contributed by atoms with Crippen molar-refractivity contribution in [2.24, 2.45) is 5.92 Å². The summed E-state index contributed by atoms with van der Waals surface area (Å²) < 4.78 is 37.4. The van der Waals surface area contributed by atoms with Gasteiger partial charge >= 0.3 is 12.1 Å². The van der Waals surface area contributed by atoms with E-state index in [0.717, 1.165) is 30.7 Å². The monoisotopic (exact) mass is 287 g/mol. The first-order valence-electron chi connectivity index (χ1n) is 6.50. The van der Waals surface area contributed by atoms with Crippen molar-refractivity contribution >= 4 is 11.7 Å². The Morgan fingerprint density at radius 1 is 1.20 bits per heavy atom. The fourth-order valence-corrected chi connectivity index (χ4v) is 2.50. The minimum absolute atomic E-state index is 0.165. The molecule has 1 aliphatic rings. The van der Waals surface area contributed by atoms with Crippen LogP contribution in [0.25, 0.3) is 0 Å². The van der Waals surface area contributed by atoms with Gasteiger partial charge in [-0.05, 0) is 43.0 Å². The number of hydrogen-bond donors (Lipinski definition) is 1. The van der Waals surface area contributed by atoms with E-state index in [-0.39, 0.29) is 12.3 Å². The van der Waals surface area contributed by atoms with Gasteiger partial charge < -0.3 is 10.0 Å². The van der Waals surface area contributed by atoms with Crippen LogP contribution in [0, 0.1) is 5.92 Å². The van der Waals surface area contributed by atoms with Crippen molar-refractivity contribution in [3.05, 3.63) is 29.8 Å². The smallest absolute Gasteiger partial charge is 0.416 e. The lowest BCUT2D eigenvalue weighted by Crippen LogP contribution is -2.34. The molecule has 0 amide bonds. The zero-order chi connectivity index (χ0) is 14.8. The molecule has 2 rings (SSSR count). The SMILES string of the molecule is O=C(O)CC1CCN(c2ccc(C(F)(F)F)cc2)CC1. The lowest BCUT2D eigenvalue weighted by atomic mass is 9.93. The molecule has 0 bridgehead atoms. The molecule has 20 heavy (non-hydrogen) atoms. The topological polar surface area (TPSA) is 40.5 Å². The summed E-state index contributed by atoms with van der Waals surface area (Å²) in [6.07, 6.45) is -2.63. The molecular formula is C14H16F3NO2. The van der Waals surface area contributed by atoms with Gasteiger partial charge in [-0.25, -0.2) is 0 Å². The van der Waals surface area contributed by atoms with Crippen LogP contribution in [0.2, 0.25) is 0 Å². The van der Waals surface area contributed by atoms with Crippen LogP contribution in [-0.4, -0.2) is 24.2 Å². The second-order valence-electron chi connectivity index (χ2n) is 5.07. The first-order chi connectivity index (χ1) is 9.36. The van der Waals surface area contributed by atoms with Gasteiger partial charge in [-0.1, -0.05) is 0 Å². The zero-order valence-electron chi connectivity index (χ0n) is 10.9. The molecule has 6 heteroatoms. The number of anilines is 1. The van der Waals surface area contributed by atoms with Gasteiger partial charge in [0.1, 0.15) is 0 Å². The first-order valence-corrected chi connectivity index (χ1v) is 6.50. The van der Waals surface area contributed by atoms with E-state index in [4.69, 9.17) is 5.11 Å². The van der Waals surface area contributed by atoms with Crippen LogP contribution in [0.1, 0.15) is 24.8 Å². The van der Waals surface area contributed by atoms with E-state index >= 15 is 0 Å². The Morgan fingerprint density at radius 2 is 1.75 bits per heavy atom. The Hall–Kier alpha value is -1.72. The number of halogens is 3. The van der Waals surface area contributed by atoms with Crippen LogP contribution in [0.4, 0.5) is 18.9 Å². The molecular weight excluding hydrogens is 271 g/mol. The maximum absolute atomic E-state index is 12.5. The minimum atomic E-state index is -4.31. The third-order valence-electron chi connectivity index (χ3n) is 3.64. The van der Waals surface area contributed by atoms with Gasteiger partial charge in [0, 0.05) is 25.2 Å². The van der Waals surface area contributed by atoms with Crippen LogP contribution in [0.3, 0.4) is 0 Å². The number of piperidine rings is 1. The molecule has 0 atom stereocenters. The summed E-state index contributed by atoms with van der Waals surface area (Å²) in [4.78, 5) is 12.6. The molecule has 110 valence electrons. The first kappa shape index (κ1) is 14.7. The average Bonchev–Trinajstić information content (AvgIpc) is 2.38. The Morgan fingerprint density at radius 3 is 2.20 bits per heavy atom. The fraction of sp³-hybridized carbons (Fsp3) is 0.500. The predicted octanol–water partition coefficient (Wildman–Crippen LogP) is 3.40. The van der Waals surface area contributed by atoms with E-state index in [1.807, 2.05) is 4.90 Å². The van der Waals surface area contributed by atoms with Crippen molar-refractivity contribution in [3.8, 4) is 0 Å². The molecule has 0 radical (unpaired) electrons. The van der Waals surface area contributed by atoms with Crippen LogP contribution in [0.5, 0.6) is 0 Å². The Bertz CT molecular complexity index is 462. The quantitative estimate of drug-likeness (QED) is 0.926. The molecule has 1 saturated heterocycles. The molecule has 1 aromatic carbocycles. The van der Waals surface area contributed by atoms with Gasteiger partial charge in [-0.3, -0.25) is 4.79 Å². The Balaban J connectivity index is 1.95. The number of carbonyl (C=O) groups is 1. The number of aliphatic carboxylic acids is 1. The van der Waals surface area contributed by atoms with E-state index in [9.17, 15) is 18.0 Å². The summed E-state index contributed by atoms with van der Waals surface area (Å²) in [6.45, 7) is 1.37. The third kappa shape index (κ3) is 3.65. The lowest BCUT2D eigenvalue weighted by molar-refractivity contribution is -0.138. The van der Waals surface area contributed by atoms with E-state index in [1.54, 1.807) is 0 Å². The molecule has 1 N–H and O–H groups in total. The van der Waals surface area contributed by atoms with E-state index < -0.39 is 17.7 Å². The van der Waals surface area contributed by atoms with Crippen molar-refractivity contribution in [1.82, 2.24) is 0 Å². The standard InChI is InChI=1S/C14H16F3NO2/c15-14(16,17)11-1-3-12(4-2-11)18-7-5-10(6-8-18)9-13(19)20/h1-4,10H,5-9H2,(H,19,20). The van der Waals surface area contributed by atoms with E-state index in [1.165, 1.54) is 12.1 Å². The second-order valence-corrected chi connectivity index (χ2v) is 5.07. The van der Waals surface area contributed by atoms with Crippen molar-refractivity contribution < 1.29 is 23.1 Å². The highest BCUT2D eigenvalue weighted by Gasteiger charge is 2.30. The summed E-state index contributed by atoms with van der Waals surface area (Å²) in [6, 6.07) is 5.11. The molecule has 0 aliphatic carbocycles. The van der Waals surface area contributed by atoms with Gasteiger partial charge in [0.2, 0.25) is 0 Å². The molecule has 0 saturated carbocycles. The summed E-state index contributed by atoms with van der Waals surface area (Å²) >= 11 is 0. The largest absolute Gasteiger partial charge is 0.481 e. The van der Waals surface area contributed by atoms with Gasteiger partial charge in [-0.15, -0.1) is 0 Å². The van der Waals surface area contributed by atoms with Crippen molar-refractivity contribution in [2.45, 2.75) is 25.4 Å². The highest BCUT2D eigenvalue weighted by Crippen LogP contribution is 2.31.